The topological polar surface area (TPSA) is 30.5 Å². The van der Waals surface area contributed by atoms with E-state index in [1.54, 1.807) is 0 Å². The summed E-state index contributed by atoms with van der Waals surface area (Å²) >= 11 is 0. The maximum absolute atomic E-state index is 5.93. The lowest BCUT2D eigenvalue weighted by Crippen LogP contribution is -2.44. The maximum atomic E-state index is 5.93. The van der Waals surface area contributed by atoms with E-state index in [-0.39, 0.29) is 5.41 Å². The summed E-state index contributed by atoms with van der Waals surface area (Å²) in [4.78, 5) is 0. The number of likely N-dealkylation sites (N-methyl/N-ethyl adjacent to an activating group) is 1. The number of rotatable bonds is 6. The summed E-state index contributed by atoms with van der Waals surface area (Å²) in [5.74, 6) is 1.01. The molecular formula is C14H21NO2. The zero-order valence-electron chi connectivity index (χ0n) is 10.7. The number of hydrogen-bond acceptors (Lipinski definition) is 3. The van der Waals surface area contributed by atoms with Crippen LogP contribution < -0.4 is 10.1 Å². The monoisotopic (exact) mass is 235 g/mol. The van der Waals surface area contributed by atoms with Gasteiger partial charge < -0.3 is 14.8 Å². The summed E-state index contributed by atoms with van der Waals surface area (Å²) in [6.45, 7) is 5.54. The average molecular weight is 235 g/mol. The van der Waals surface area contributed by atoms with Crippen LogP contribution in [-0.2, 0) is 11.2 Å². The molecule has 2 rings (SSSR count). The number of benzene rings is 1. The van der Waals surface area contributed by atoms with Gasteiger partial charge in [-0.1, -0.05) is 25.1 Å². The van der Waals surface area contributed by atoms with Gasteiger partial charge in [-0.2, -0.15) is 0 Å². The highest BCUT2D eigenvalue weighted by molar-refractivity contribution is 5.33. The Morgan fingerprint density at radius 3 is 2.76 bits per heavy atom. The molecule has 0 aromatic heterocycles. The van der Waals surface area contributed by atoms with Gasteiger partial charge in [0, 0.05) is 5.41 Å². The van der Waals surface area contributed by atoms with Crippen molar-refractivity contribution in [2.75, 3.05) is 33.4 Å². The standard InChI is InChI=1S/C14H21NO2/c1-14(9-16-10-14)11-17-13-6-4-3-5-12(13)7-8-15-2/h3-6,15H,7-11H2,1-2H3. The Labute approximate surface area is 103 Å². The fourth-order valence-electron chi connectivity index (χ4n) is 1.90. The molecule has 1 aromatic rings. The van der Waals surface area contributed by atoms with Crippen molar-refractivity contribution in [2.45, 2.75) is 13.3 Å². The second-order valence-electron chi connectivity index (χ2n) is 5.05. The third kappa shape index (κ3) is 3.20. The SMILES string of the molecule is CNCCc1ccccc1OCC1(C)COC1. The van der Waals surface area contributed by atoms with E-state index in [4.69, 9.17) is 9.47 Å². The highest BCUT2D eigenvalue weighted by Crippen LogP contribution is 2.28. The van der Waals surface area contributed by atoms with Gasteiger partial charge in [0.1, 0.15) is 5.75 Å². The van der Waals surface area contributed by atoms with Crippen molar-refractivity contribution in [3.63, 3.8) is 0 Å². The Bertz CT molecular complexity index is 361. The zero-order chi connectivity index (χ0) is 12.1. The fraction of sp³-hybridized carbons (Fsp3) is 0.571. The Hall–Kier alpha value is -1.06. The van der Waals surface area contributed by atoms with Crippen LogP contribution in [0.2, 0.25) is 0 Å². The first-order valence-corrected chi connectivity index (χ1v) is 6.17. The van der Waals surface area contributed by atoms with Crippen molar-refractivity contribution in [3.05, 3.63) is 29.8 Å². The minimum absolute atomic E-state index is 0.204. The molecule has 3 heteroatoms. The third-order valence-electron chi connectivity index (χ3n) is 3.09. The number of para-hydroxylation sites is 1. The van der Waals surface area contributed by atoms with Crippen LogP contribution >= 0.6 is 0 Å². The highest BCUT2D eigenvalue weighted by Gasteiger charge is 2.34. The summed E-state index contributed by atoms with van der Waals surface area (Å²) < 4.78 is 11.2. The molecule has 0 bridgehead atoms. The van der Waals surface area contributed by atoms with Gasteiger partial charge in [-0.15, -0.1) is 0 Å². The highest BCUT2D eigenvalue weighted by atomic mass is 16.5. The largest absolute Gasteiger partial charge is 0.493 e. The normalized spacial score (nSPS) is 17.5. The van der Waals surface area contributed by atoms with Crippen molar-refractivity contribution in [1.82, 2.24) is 5.32 Å². The molecule has 1 fully saturated rings. The Kier molecular flexibility index (Phi) is 4.02. The van der Waals surface area contributed by atoms with Gasteiger partial charge in [-0.25, -0.2) is 0 Å². The molecule has 0 atom stereocenters. The first-order valence-electron chi connectivity index (χ1n) is 6.17. The maximum Gasteiger partial charge on any atom is 0.122 e. The molecule has 0 saturated carbocycles. The van der Waals surface area contributed by atoms with Gasteiger partial charge in [-0.05, 0) is 31.6 Å². The van der Waals surface area contributed by atoms with E-state index in [0.717, 1.165) is 38.5 Å². The van der Waals surface area contributed by atoms with Crippen LogP contribution in [0.15, 0.2) is 24.3 Å². The third-order valence-corrected chi connectivity index (χ3v) is 3.09. The average Bonchev–Trinajstić information content (AvgIpc) is 2.32. The van der Waals surface area contributed by atoms with E-state index in [1.807, 2.05) is 19.2 Å². The number of hydrogen-bond donors (Lipinski definition) is 1. The summed E-state index contributed by atoms with van der Waals surface area (Å²) in [7, 11) is 1.97. The molecule has 0 amide bonds. The Balaban J connectivity index is 1.94. The fourth-order valence-corrected chi connectivity index (χ4v) is 1.90. The lowest BCUT2D eigenvalue weighted by Gasteiger charge is -2.37. The summed E-state index contributed by atoms with van der Waals surface area (Å²) in [5.41, 5.74) is 1.47. The van der Waals surface area contributed by atoms with Crippen molar-refractivity contribution in [2.24, 2.45) is 5.41 Å². The minimum atomic E-state index is 0.204. The molecule has 94 valence electrons. The van der Waals surface area contributed by atoms with E-state index >= 15 is 0 Å². The van der Waals surface area contributed by atoms with Crippen LogP contribution in [0.3, 0.4) is 0 Å². The second-order valence-corrected chi connectivity index (χ2v) is 5.05. The smallest absolute Gasteiger partial charge is 0.122 e. The van der Waals surface area contributed by atoms with Gasteiger partial charge in [-0.3, -0.25) is 0 Å². The van der Waals surface area contributed by atoms with E-state index in [9.17, 15) is 0 Å². The van der Waals surface area contributed by atoms with Crippen LogP contribution in [-0.4, -0.2) is 33.4 Å². The summed E-state index contributed by atoms with van der Waals surface area (Å²) in [6.07, 6.45) is 1.000. The zero-order valence-corrected chi connectivity index (χ0v) is 10.7. The minimum Gasteiger partial charge on any atom is -0.493 e. The molecule has 0 radical (unpaired) electrons. The quantitative estimate of drug-likeness (QED) is 0.816. The van der Waals surface area contributed by atoms with Crippen LogP contribution in [0.5, 0.6) is 5.75 Å². The predicted molar refractivity (Wildman–Crippen MR) is 68.5 cm³/mol. The Morgan fingerprint density at radius 2 is 2.12 bits per heavy atom. The molecule has 1 heterocycles. The second kappa shape index (κ2) is 5.52. The van der Waals surface area contributed by atoms with Crippen molar-refractivity contribution in [1.29, 1.82) is 0 Å². The van der Waals surface area contributed by atoms with Crippen LogP contribution in [0.25, 0.3) is 0 Å². The van der Waals surface area contributed by atoms with Crippen LogP contribution in [0, 0.1) is 5.41 Å². The summed E-state index contributed by atoms with van der Waals surface area (Å²) in [5, 5.41) is 3.16. The van der Waals surface area contributed by atoms with Crippen molar-refractivity contribution >= 4 is 0 Å². The molecule has 0 spiro atoms. The number of nitrogens with one attached hydrogen (secondary N) is 1. The van der Waals surface area contributed by atoms with E-state index in [2.05, 4.69) is 24.4 Å². The van der Waals surface area contributed by atoms with Gasteiger partial charge in [0.15, 0.2) is 0 Å². The van der Waals surface area contributed by atoms with Gasteiger partial charge in [0.05, 0.1) is 19.8 Å². The molecular weight excluding hydrogens is 214 g/mol. The summed E-state index contributed by atoms with van der Waals surface area (Å²) in [6, 6.07) is 8.27. The molecule has 3 nitrogen and oxygen atoms in total. The molecule has 0 unspecified atom stereocenters. The lowest BCUT2D eigenvalue weighted by molar-refractivity contribution is -0.120. The van der Waals surface area contributed by atoms with Gasteiger partial charge in [0.25, 0.3) is 0 Å². The van der Waals surface area contributed by atoms with Crippen molar-refractivity contribution < 1.29 is 9.47 Å². The first kappa shape index (κ1) is 12.4. The number of ether oxygens (including phenoxy) is 2. The molecule has 1 N–H and O–H groups in total. The Morgan fingerprint density at radius 1 is 1.35 bits per heavy atom. The molecule has 1 aliphatic rings. The van der Waals surface area contributed by atoms with Crippen LogP contribution in [0.1, 0.15) is 12.5 Å². The molecule has 1 saturated heterocycles. The predicted octanol–water partition coefficient (Wildman–Crippen LogP) is 1.86. The molecule has 1 aliphatic heterocycles. The van der Waals surface area contributed by atoms with Gasteiger partial charge >= 0.3 is 0 Å². The lowest BCUT2D eigenvalue weighted by atomic mass is 9.90. The molecule has 1 aromatic carbocycles. The first-order chi connectivity index (χ1) is 8.23. The molecule has 17 heavy (non-hydrogen) atoms. The van der Waals surface area contributed by atoms with E-state index < -0.39 is 0 Å². The van der Waals surface area contributed by atoms with Crippen molar-refractivity contribution in [3.8, 4) is 5.75 Å². The molecule has 0 aliphatic carbocycles. The van der Waals surface area contributed by atoms with E-state index in [0.29, 0.717) is 0 Å². The van der Waals surface area contributed by atoms with Crippen LogP contribution in [0.4, 0.5) is 0 Å². The van der Waals surface area contributed by atoms with E-state index in [1.165, 1.54) is 5.56 Å². The van der Waals surface area contributed by atoms with Gasteiger partial charge in [0.2, 0.25) is 0 Å².